The Morgan fingerprint density at radius 1 is 1.37 bits per heavy atom. The maximum Gasteiger partial charge on any atom is 0.228 e. The van der Waals surface area contributed by atoms with E-state index < -0.39 is 0 Å². The molecule has 0 spiro atoms. The van der Waals surface area contributed by atoms with Crippen molar-refractivity contribution < 1.29 is 4.52 Å². The van der Waals surface area contributed by atoms with E-state index in [0.717, 1.165) is 24.5 Å². The van der Waals surface area contributed by atoms with Crippen LogP contribution in [0.2, 0.25) is 0 Å². The zero-order chi connectivity index (χ0) is 13.8. The summed E-state index contributed by atoms with van der Waals surface area (Å²) >= 11 is 0. The van der Waals surface area contributed by atoms with Gasteiger partial charge in [0.15, 0.2) is 5.82 Å². The van der Waals surface area contributed by atoms with E-state index in [1.165, 1.54) is 0 Å². The van der Waals surface area contributed by atoms with E-state index in [4.69, 9.17) is 10.3 Å². The van der Waals surface area contributed by atoms with E-state index in [2.05, 4.69) is 27.5 Å². The fourth-order valence-corrected chi connectivity index (χ4v) is 1.88. The second kappa shape index (κ2) is 5.73. The van der Waals surface area contributed by atoms with Crippen LogP contribution in [0.3, 0.4) is 0 Å². The second-order valence-electron chi connectivity index (χ2n) is 4.48. The van der Waals surface area contributed by atoms with Crippen LogP contribution < -0.4 is 11.1 Å². The van der Waals surface area contributed by atoms with E-state index in [-0.39, 0.29) is 0 Å². The van der Waals surface area contributed by atoms with Gasteiger partial charge in [-0.1, -0.05) is 12.1 Å². The van der Waals surface area contributed by atoms with Gasteiger partial charge in [-0.3, -0.25) is 0 Å². The Balaban J connectivity index is 1.98. The van der Waals surface area contributed by atoms with Gasteiger partial charge in [0, 0.05) is 19.5 Å². The van der Waals surface area contributed by atoms with Crippen LogP contribution in [0.1, 0.15) is 30.8 Å². The summed E-state index contributed by atoms with van der Waals surface area (Å²) in [6.45, 7) is 7.35. The van der Waals surface area contributed by atoms with E-state index >= 15 is 0 Å². The molecule has 19 heavy (non-hydrogen) atoms. The molecule has 0 radical (unpaired) electrons. The molecule has 0 aliphatic rings. The molecule has 7 nitrogen and oxygen atoms in total. The second-order valence-corrected chi connectivity index (χ2v) is 4.48. The van der Waals surface area contributed by atoms with Gasteiger partial charge in [-0.2, -0.15) is 10.1 Å². The third-order valence-electron chi connectivity index (χ3n) is 2.81. The van der Waals surface area contributed by atoms with Gasteiger partial charge >= 0.3 is 0 Å². The predicted molar refractivity (Wildman–Crippen MR) is 72.9 cm³/mol. The van der Waals surface area contributed by atoms with Crippen LogP contribution in [0.4, 0.5) is 11.5 Å². The molecule has 3 N–H and O–H groups in total. The van der Waals surface area contributed by atoms with Gasteiger partial charge in [0.2, 0.25) is 5.89 Å². The highest BCUT2D eigenvalue weighted by molar-refractivity contribution is 5.64. The molecular formula is C12H20N6O. The lowest BCUT2D eigenvalue weighted by Gasteiger charge is -2.08. The molecule has 0 aliphatic heterocycles. The fraction of sp³-hybridized carbons (Fsp3) is 0.583. The van der Waals surface area contributed by atoms with E-state index in [1.54, 1.807) is 6.92 Å². The Morgan fingerprint density at radius 2 is 2.16 bits per heavy atom. The summed E-state index contributed by atoms with van der Waals surface area (Å²) in [6.07, 6.45) is 1.68. The summed E-state index contributed by atoms with van der Waals surface area (Å²) in [6, 6.07) is 0. The van der Waals surface area contributed by atoms with Crippen molar-refractivity contribution >= 4 is 11.5 Å². The standard InChI is InChI=1S/C12H20N6O/c1-4-7-18-12(11(13)8(2)16-18)14-6-5-10-15-9(3)17-19-10/h14H,4-7,13H2,1-3H3. The Bertz CT molecular complexity index is 544. The minimum atomic E-state index is 0.627. The van der Waals surface area contributed by atoms with Crippen LogP contribution in [0.15, 0.2) is 4.52 Å². The highest BCUT2D eigenvalue weighted by Gasteiger charge is 2.12. The maximum absolute atomic E-state index is 6.02. The van der Waals surface area contributed by atoms with Crippen molar-refractivity contribution in [3.8, 4) is 0 Å². The lowest BCUT2D eigenvalue weighted by Crippen LogP contribution is -2.12. The summed E-state index contributed by atoms with van der Waals surface area (Å²) in [7, 11) is 0. The summed E-state index contributed by atoms with van der Waals surface area (Å²) in [5, 5.41) is 11.5. The first-order valence-corrected chi connectivity index (χ1v) is 6.47. The average Bonchev–Trinajstić information content (AvgIpc) is 2.89. The normalized spacial score (nSPS) is 10.9. The van der Waals surface area contributed by atoms with Crippen LogP contribution in [-0.4, -0.2) is 26.5 Å². The molecule has 0 bridgehead atoms. The number of hydrogen-bond donors (Lipinski definition) is 2. The van der Waals surface area contributed by atoms with Crippen molar-refractivity contribution in [3.63, 3.8) is 0 Å². The quantitative estimate of drug-likeness (QED) is 0.821. The van der Waals surface area contributed by atoms with E-state index in [1.807, 2.05) is 11.6 Å². The number of nitrogen functional groups attached to an aromatic ring is 1. The molecule has 0 aliphatic carbocycles. The Kier molecular flexibility index (Phi) is 4.03. The van der Waals surface area contributed by atoms with Crippen LogP contribution in [0.5, 0.6) is 0 Å². The van der Waals surface area contributed by atoms with E-state index in [9.17, 15) is 0 Å². The summed E-state index contributed by atoms with van der Waals surface area (Å²) in [4.78, 5) is 4.16. The van der Waals surface area contributed by atoms with Crippen molar-refractivity contribution in [1.82, 2.24) is 19.9 Å². The highest BCUT2D eigenvalue weighted by atomic mass is 16.5. The average molecular weight is 264 g/mol. The van der Waals surface area contributed by atoms with Crippen molar-refractivity contribution in [2.75, 3.05) is 17.6 Å². The van der Waals surface area contributed by atoms with Crippen molar-refractivity contribution in [3.05, 3.63) is 17.4 Å². The molecule has 0 atom stereocenters. The van der Waals surface area contributed by atoms with Gasteiger partial charge in [0.25, 0.3) is 0 Å². The lowest BCUT2D eigenvalue weighted by molar-refractivity contribution is 0.377. The van der Waals surface area contributed by atoms with Crippen LogP contribution in [0, 0.1) is 13.8 Å². The Hall–Kier alpha value is -2.05. The Morgan fingerprint density at radius 3 is 2.79 bits per heavy atom. The maximum atomic E-state index is 6.02. The van der Waals surface area contributed by atoms with Gasteiger partial charge in [-0.25, -0.2) is 4.68 Å². The number of rotatable bonds is 6. The topological polar surface area (TPSA) is 94.8 Å². The molecule has 0 saturated heterocycles. The highest BCUT2D eigenvalue weighted by Crippen LogP contribution is 2.22. The number of aromatic nitrogens is 4. The fourth-order valence-electron chi connectivity index (χ4n) is 1.88. The summed E-state index contributed by atoms with van der Waals surface area (Å²) in [5.41, 5.74) is 7.58. The minimum absolute atomic E-state index is 0.627. The predicted octanol–water partition coefficient (Wildman–Crippen LogP) is 1.53. The van der Waals surface area contributed by atoms with Crippen LogP contribution in [-0.2, 0) is 13.0 Å². The third-order valence-corrected chi connectivity index (χ3v) is 2.81. The van der Waals surface area contributed by atoms with Gasteiger partial charge in [-0.15, -0.1) is 0 Å². The molecule has 0 fully saturated rings. The first kappa shape index (κ1) is 13.4. The molecule has 104 valence electrons. The number of aryl methyl sites for hydroxylation is 3. The molecule has 7 heteroatoms. The third kappa shape index (κ3) is 3.04. The first-order valence-electron chi connectivity index (χ1n) is 6.47. The van der Waals surface area contributed by atoms with Gasteiger partial charge in [0.1, 0.15) is 5.82 Å². The molecular weight excluding hydrogens is 244 g/mol. The molecule has 2 aromatic heterocycles. The Labute approximate surface area is 112 Å². The molecule has 0 saturated carbocycles. The zero-order valence-corrected chi connectivity index (χ0v) is 11.6. The monoisotopic (exact) mass is 264 g/mol. The van der Waals surface area contributed by atoms with Gasteiger partial charge in [-0.05, 0) is 20.3 Å². The number of nitrogens with zero attached hydrogens (tertiary/aromatic N) is 4. The molecule has 2 aromatic rings. The van der Waals surface area contributed by atoms with Gasteiger partial charge in [0.05, 0.1) is 11.4 Å². The SMILES string of the molecule is CCCn1nc(C)c(N)c1NCCc1nc(C)no1. The number of anilines is 2. The summed E-state index contributed by atoms with van der Waals surface area (Å²) in [5.74, 6) is 2.15. The number of nitrogens with one attached hydrogen (secondary N) is 1. The van der Waals surface area contributed by atoms with Crippen LogP contribution >= 0.6 is 0 Å². The molecule has 0 amide bonds. The summed E-state index contributed by atoms with van der Waals surface area (Å²) < 4.78 is 6.97. The van der Waals surface area contributed by atoms with E-state index in [0.29, 0.717) is 30.4 Å². The first-order chi connectivity index (χ1) is 9.11. The van der Waals surface area contributed by atoms with Crippen molar-refractivity contribution in [1.29, 1.82) is 0 Å². The molecule has 2 heterocycles. The molecule has 0 aromatic carbocycles. The largest absolute Gasteiger partial charge is 0.394 e. The zero-order valence-electron chi connectivity index (χ0n) is 11.6. The number of hydrogen-bond acceptors (Lipinski definition) is 6. The van der Waals surface area contributed by atoms with Crippen molar-refractivity contribution in [2.45, 2.75) is 40.2 Å². The number of nitrogens with two attached hydrogens (primary N) is 1. The molecule has 0 unspecified atom stereocenters. The van der Waals surface area contributed by atoms with Crippen LogP contribution in [0.25, 0.3) is 0 Å². The lowest BCUT2D eigenvalue weighted by atomic mass is 10.3. The van der Waals surface area contributed by atoms with Crippen molar-refractivity contribution in [2.24, 2.45) is 0 Å². The minimum Gasteiger partial charge on any atom is -0.394 e. The molecule has 2 rings (SSSR count). The van der Waals surface area contributed by atoms with Gasteiger partial charge < -0.3 is 15.6 Å². The smallest absolute Gasteiger partial charge is 0.228 e.